The zero-order chi connectivity index (χ0) is 24.2. The van der Waals surface area contributed by atoms with Crippen LogP contribution in [0.2, 0.25) is 0 Å². The van der Waals surface area contributed by atoms with Crippen LogP contribution in [0.1, 0.15) is 42.7 Å². The lowest BCUT2D eigenvalue weighted by Gasteiger charge is -2.39. The first-order valence-electron chi connectivity index (χ1n) is 11.6. The van der Waals surface area contributed by atoms with Crippen LogP contribution in [0.15, 0.2) is 30.5 Å². The summed E-state index contributed by atoms with van der Waals surface area (Å²) in [7, 11) is 2.12. The molecule has 4 heterocycles. The number of amidine groups is 1. The molecule has 10 heteroatoms. The summed E-state index contributed by atoms with van der Waals surface area (Å²) in [5.74, 6) is 0.370. The molecule has 2 bridgehead atoms. The number of likely N-dealkylation sites (N-methyl/N-ethyl adjacent to an activating group) is 1. The van der Waals surface area contributed by atoms with E-state index in [1.807, 2.05) is 13.0 Å². The van der Waals surface area contributed by atoms with Crippen molar-refractivity contribution in [2.24, 2.45) is 0 Å². The number of pyridine rings is 2. The fraction of sp³-hybridized carbons (Fsp3) is 0.458. The number of carbonyl (C=O) groups excluding carboxylic acids is 1. The fourth-order valence-corrected chi connectivity index (χ4v) is 4.23. The van der Waals surface area contributed by atoms with Gasteiger partial charge in [0.1, 0.15) is 17.1 Å². The van der Waals surface area contributed by atoms with Crippen molar-refractivity contribution < 1.29 is 9.53 Å². The van der Waals surface area contributed by atoms with E-state index in [2.05, 4.69) is 39.1 Å². The van der Waals surface area contributed by atoms with Gasteiger partial charge in [0.2, 0.25) is 5.88 Å². The Morgan fingerprint density at radius 2 is 2.06 bits per heavy atom. The van der Waals surface area contributed by atoms with Gasteiger partial charge in [0.15, 0.2) is 5.84 Å². The number of aromatic nitrogens is 2. The van der Waals surface area contributed by atoms with Gasteiger partial charge in [-0.15, -0.1) is 0 Å². The number of fused-ring (bicyclic) bond motifs is 3. The molecule has 1 fully saturated rings. The minimum absolute atomic E-state index is 0.0781. The van der Waals surface area contributed by atoms with Crippen molar-refractivity contribution in [3.05, 3.63) is 41.7 Å². The summed E-state index contributed by atoms with van der Waals surface area (Å²) in [6.45, 7) is 7.18. The van der Waals surface area contributed by atoms with E-state index in [1.165, 1.54) is 0 Å². The molecule has 10 nitrogen and oxygen atoms in total. The normalized spacial score (nSPS) is 22.3. The summed E-state index contributed by atoms with van der Waals surface area (Å²) in [6.07, 6.45) is 4.31. The first-order valence-corrected chi connectivity index (χ1v) is 11.6. The molecule has 2 aliphatic rings. The van der Waals surface area contributed by atoms with Crippen molar-refractivity contribution in [1.29, 1.82) is 10.8 Å². The SMILES string of the molecule is CC1CN(c2cnc3c(c2)C(=O)Nc2cccc(n2)C(=N)N(C=N)C(C)CCCO3)CCN1C. The molecule has 0 saturated carbocycles. The summed E-state index contributed by atoms with van der Waals surface area (Å²) in [5, 5.41) is 19.1. The lowest BCUT2D eigenvalue weighted by molar-refractivity contribution is 0.102. The predicted molar refractivity (Wildman–Crippen MR) is 132 cm³/mol. The van der Waals surface area contributed by atoms with Crippen LogP contribution in [0.3, 0.4) is 0 Å². The highest BCUT2D eigenvalue weighted by Gasteiger charge is 2.24. The molecule has 0 aliphatic carbocycles. The molecule has 0 spiro atoms. The fourth-order valence-electron chi connectivity index (χ4n) is 4.23. The second-order valence-corrected chi connectivity index (χ2v) is 8.91. The minimum Gasteiger partial charge on any atom is -0.477 e. The van der Waals surface area contributed by atoms with E-state index in [0.29, 0.717) is 48.4 Å². The molecule has 4 rings (SSSR count). The smallest absolute Gasteiger partial charge is 0.262 e. The molecule has 2 atom stereocenters. The molecule has 0 radical (unpaired) electrons. The molecule has 180 valence electrons. The summed E-state index contributed by atoms with van der Waals surface area (Å²) in [4.78, 5) is 28.4. The van der Waals surface area contributed by atoms with Crippen LogP contribution in [-0.2, 0) is 0 Å². The highest BCUT2D eigenvalue weighted by molar-refractivity contribution is 6.06. The molecule has 3 N–H and O–H groups in total. The third-order valence-corrected chi connectivity index (χ3v) is 6.52. The molecule has 2 unspecified atom stereocenters. The average Bonchev–Trinajstić information content (AvgIpc) is 2.83. The van der Waals surface area contributed by atoms with E-state index in [9.17, 15) is 4.79 Å². The van der Waals surface area contributed by atoms with Gasteiger partial charge in [-0.2, -0.15) is 0 Å². The third-order valence-electron chi connectivity index (χ3n) is 6.52. The van der Waals surface area contributed by atoms with Gasteiger partial charge >= 0.3 is 0 Å². The van der Waals surface area contributed by atoms with Crippen molar-refractivity contribution in [2.75, 3.05) is 43.5 Å². The summed E-state index contributed by atoms with van der Waals surface area (Å²) in [6, 6.07) is 7.29. The number of piperazine rings is 1. The monoisotopic (exact) mass is 464 g/mol. The Kier molecular flexibility index (Phi) is 7.06. The Balaban J connectivity index is 1.67. The summed E-state index contributed by atoms with van der Waals surface area (Å²) < 4.78 is 5.93. The first kappa shape index (κ1) is 23.6. The number of amides is 1. The van der Waals surface area contributed by atoms with Crippen LogP contribution in [0, 0.1) is 10.8 Å². The Bertz CT molecular complexity index is 1070. The second kappa shape index (κ2) is 10.2. The van der Waals surface area contributed by atoms with Gasteiger partial charge in [-0.1, -0.05) is 6.07 Å². The molecule has 2 aliphatic heterocycles. The van der Waals surface area contributed by atoms with E-state index >= 15 is 0 Å². The zero-order valence-electron chi connectivity index (χ0n) is 19.9. The van der Waals surface area contributed by atoms with Crippen LogP contribution >= 0.6 is 0 Å². The minimum atomic E-state index is -0.364. The van der Waals surface area contributed by atoms with Gasteiger partial charge in [0, 0.05) is 31.7 Å². The van der Waals surface area contributed by atoms with Gasteiger partial charge < -0.3 is 24.8 Å². The number of hydrogen-bond acceptors (Lipinski definition) is 8. The van der Waals surface area contributed by atoms with Crippen LogP contribution in [0.4, 0.5) is 11.5 Å². The molecule has 1 saturated heterocycles. The molecular formula is C24H32N8O2. The third kappa shape index (κ3) is 5.01. The standard InChI is InChI=1S/C24H32N8O2/c1-16-6-5-11-34-24-19(12-18(13-27-24)31-10-9-30(3)17(2)14-31)23(33)29-21-8-4-7-20(28-21)22(26)32(16)15-25/h4,7-8,12-13,15-17,25-26H,5-6,9-11,14H2,1-3H3,(H,28,29,33). The van der Waals surface area contributed by atoms with Crippen molar-refractivity contribution in [3.8, 4) is 5.88 Å². The molecule has 34 heavy (non-hydrogen) atoms. The Morgan fingerprint density at radius 3 is 2.82 bits per heavy atom. The van der Waals surface area contributed by atoms with Crippen molar-refractivity contribution in [3.63, 3.8) is 0 Å². The van der Waals surface area contributed by atoms with Crippen LogP contribution < -0.4 is 15.0 Å². The predicted octanol–water partition coefficient (Wildman–Crippen LogP) is 2.66. The maximum atomic E-state index is 13.3. The Morgan fingerprint density at radius 1 is 1.24 bits per heavy atom. The molecule has 0 aromatic carbocycles. The quantitative estimate of drug-likeness (QED) is 0.461. The number of anilines is 2. The molecule has 1 amide bonds. The van der Waals surface area contributed by atoms with E-state index in [4.69, 9.17) is 15.6 Å². The maximum absolute atomic E-state index is 13.3. The Hall–Kier alpha value is -3.53. The van der Waals surface area contributed by atoms with Crippen LogP contribution in [0.5, 0.6) is 5.88 Å². The summed E-state index contributed by atoms with van der Waals surface area (Å²) in [5.41, 5.74) is 1.63. The van der Waals surface area contributed by atoms with Gasteiger partial charge in [0.25, 0.3) is 5.91 Å². The largest absolute Gasteiger partial charge is 0.477 e. The number of carbonyl (C=O) groups is 1. The van der Waals surface area contributed by atoms with Crippen molar-refractivity contribution in [2.45, 2.75) is 38.8 Å². The lowest BCUT2D eigenvalue weighted by atomic mass is 10.1. The Labute approximate surface area is 200 Å². The number of nitrogens with zero attached hydrogens (tertiary/aromatic N) is 5. The van der Waals surface area contributed by atoms with E-state index in [0.717, 1.165) is 31.7 Å². The maximum Gasteiger partial charge on any atom is 0.262 e. The first-order chi connectivity index (χ1) is 16.4. The molecule has 2 aromatic heterocycles. The van der Waals surface area contributed by atoms with Crippen molar-refractivity contribution in [1.82, 2.24) is 19.8 Å². The number of nitrogens with one attached hydrogen (secondary N) is 3. The number of ether oxygens (including phenoxy) is 1. The summed E-state index contributed by atoms with van der Waals surface area (Å²) >= 11 is 0. The lowest BCUT2D eigenvalue weighted by Crippen LogP contribution is -2.50. The van der Waals surface area contributed by atoms with Gasteiger partial charge in [-0.3, -0.25) is 15.6 Å². The highest BCUT2D eigenvalue weighted by atomic mass is 16.5. The number of rotatable bonds is 2. The van der Waals surface area contributed by atoms with Gasteiger partial charge in [-0.05, 0) is 51.9 Å². The molecule has 2 aromatic rings. The topological polar surface area (TPSA) is 122 Å². The average molecular weight is 465 g/mol. The number of hydrogen-bond donors (Lipinski definition) is 3. The zero-order valence-corrected chi connectivity index (χ0v) is 19.9. The van der Waals surface area contributed by atoms with Crippen LogP contribution in [0.25, 0.3) is 0 Å². The second-order valence-electron chi connectivity index (χ2n) is 8.91. The van der Waals surface area contributed by atoms with E-state index < -0.39 is 0 Å². The van der Waals surface area contributed by atoms with E-state index in [-0.39, 0.29) is 17.8 Å². The van der Waals surface area contributed by atoms with Crippen molar-refractivity contribution >= 4 is 29.6 Å². The van der Waals surface area contributed by atoms with Gasteiger partial charge in [0.05, 0.1) is 24.8 Å². The van der Waals surface area contributed by atoms with Gasteiger partial charge in [-0.25, -0.2) is 9.97 Å². The van der Waals surface area contributed by atoms with Crippen LogP contribution in [-0.4, -0.2) is 83.2 Å². The highest BCUT2D eigenvalue weighted by Crippen LogP contribution is 2.26. The van der Waals surface area contributed by atoms with E-state index in [1.54, 1.807) is 29.3 Å². The molecular weight excluding hydrogens is 432 g/mol.